The number of nitro groups is 1. The van der Waals surface area contributed by atoms with Crippen LogP contribution in [0.15, 0.2) is 69.9 Å². The lowest BCUT2D eigenvalue weighted by Gasteiger charge is -1.98. The summed E-state index contributed by atoms with van der Waals surface area (Å²) in [5, 5.41) is 22.5. The van der Waals surface area contributed by atoms with Gasteiger partial charge in [0.15, 0.2) is 5.84 Å². The van der Waals surface area contributed by atoms with Crippen molar-refractivity contribution in [1.29, 1.82) is 0 Å². The number of anilines is 1. The Morgan fingerprint density at radius 2 is 1.76 bits per heavy atom. The molecule has 0 aliphatic heterocycles. The molecule has 0 saturated heterocycles. The van der Waals surface area contributed by atoms with Crippen LogP contribution < -0.4 is 5.43 Å². The highest BCUT2D eigenvalue weighted by molar-refractivity contribution is 5.80. The summed E-state index contributed by atoms with van der Waals surface area (Å²) in [7, 11) is 0. The minimum Gasteiger partial charge on any atom is -0.277 e. The minimum absolute atomic E-state index is 0.0186. The Morgan fingerprint density at radius 1 is 1.10 bits per heavy atom. The van der Waals surface area contributed by atoms with Gasteiger partial charge in [-0.3, -0.25) is 15.5 Å². The lowest BCUT2D eigenvalue weighted by molar-refractivity contribution is -0.384. The fourth-order valence-electron chi connectivity index (χ4n) is 1.45. The van der Waals surface area contributed by atoms with E-state index in [0.29, 0.717) is 11.5 Å². The molecule has 0 aliphatic carbocycles. The minimum atomic E-state index is -0.461. The van der Waals surface area contributed by atoms with Gasteiger partial charge < -0.3 is 0 Å². The van der Waals surface area contributed by atoms with E-state index in [9.17, 15) is 10.1 Å². The molecule has 106 valence electrons. The zero-order chi connectivity index (χ0) is 15.1. The number of rotatable bonds is 4. The first-order chi connectivity index (χ1) is 10.1. The second kappa shape index (κ2) is 6.90. The number of nitrogens with zero attached hydrogens (tertiary/aromatic N) is 4. The van der Waals surface area contributed by atoms with Gasteiger partial charge in [-0.05, 0) is 31.2 Å². The SMILES string of the molecule is CC(N=Nc1ccc([N+](=O)[O-])cc1)=NNc1ccccc1. The summed E-state index contributed by atoms with van der Waals surface area (Å²) in [5.41, 5.74) is 4.24. The number of nitro benzene ring substituents is 1. The van der Waals surface area contributed by atoms with E-state index in [1.54, 1.807) is 6.92 Å². The first kappa shape index (κ1) is 14.3. The largest absolute Gasteiger partial charge is 0.277 e. The Morgan fingerprint density at radius 3 is 2.38 bits per heavy atom. The molecule has 1 N–H and O–H groups in total. The Bertz CT molecular complexity index is 666. The Balaban J connectivity index is 1.98. The molecule has 0 atom stereocenters. The molecule has 2 aromatic rings. The van der Waals surface area contributed by atoms with Crippen LogP contribution in [0, 0.1) is 10.1 Å². The standard InChI is InChI=1S/C14H13N5O2/c1-11(15-17-12-5-3-2-4-6-12)16-18-13-7-9-14(10-8-13)19(20)21/h2-10,17H,1H3. The third-order valence-electron chi connectivity index (χ3n) is 2.49. The van der Waals surface area contributed by atoms with Gasteiger partial charge in [0.2, 0.25) is 0 Å². The fraction of sp³-hybridized carbons (Fsp3) is 0.0714. The van der Waals surface area contributed by atoms with Crippen LogP contribution in [0.25, 0.3) is 0 Å². The quantitative estimate of drug-likeness (QED) is 0.300. The van der Waals surface area contributed by atoms with Gasteiger partial charge in [0.1, 0.15) is 0 Å². The van der Waals surface area contributed by atoms with Crippen LogP contribution in [0.1, 0.15) is 6.92 Å². The predicted octanol–water partition coefficient (Wildman–Crippen LogP) is 4.12. The molecule has 0 fully saturated rings. The molecule has 0 heterocycles. The van der Waals surface area contributed by atoms with Crippen LogP contribution in [0.3, 0.4) is 0 Å². The molecule has 0 spiro atoms. The smallest absolute Gasteiger partial charge is 0.269 e. The van der Waals surface area contributed by atoms with E-state index in [-0.39, 0.29) is 5.69 Å². The third-order valence-corrected chi connectivity index (χ3v) is 2.49. The van der Waals surface area contributed by atoms with Crippen LogP contribution in [0.5, 0.6) is 0 Å². The van der Waals surface area contributed by atoms with Crippen molar-refractivity contribution < 1.29 is 4.92 Å². The van der Waals surface area contributed by atoms with E-state index < -0.39 is 4.92 Å². The highest BCUT2D eigenvalue weighted by atomic mass is 16.6. The van der Waals surface area contributed by atoms with Crippen molar-refractivity contribution in [3.8, 4) is 0 Å². The van der Waals surface area contributed by atoms with E-state index in [2.05, 4.69) is 20.8 Å². The number of hydrogen-bond donors (Lipinski definition) is 1. The summed E-state index contributed by atoms with van der Waals surface area (Å²) in [6.45, 7) is 1.70. The highest BCUT2D eigenvalue weighted by Crippen LogP contribution is 2.18. The molecule has 21 heavy (non-hydrogen) atoms. The maximum absolute atomic E-state index is 10.5. The Kier molecular flexibility index (Phi) is 4.70. The number of non-ortho nitro benzene ring substituents is 1. The average Bonchev–Trinajstić information content (AvgIpc) is 2.52. The number of hydrogen-bond acceptors (Lipinski definition) is 5. The van der Waals surface area contributed by atoms with Crippen molar-refractivity contribution in [2.75, 3.05) is 5.43 Å². The lowest BCUT2D eigenvalue weighted by Crippen LogP contribution is -1.93. The van der Waals surface area contributed by atoms with E-state index >= 15 is 0 Å². The average molecular weight is 283 g/mol. The van der Waals surface area contributed by atoms with Crippen LogP contribution in [0.4, 0.5) is 17.1 Å². The zero-order valence-corrected chi connectivity index (χ0v) is 11.3. The Hall–Kier alpha value is -3.09. The summed E-state index contributed by atoms with van der Waals surface area (Å²) >= 11 is 0. The van der Waals surface area contributed by atoms with E-state index in [1.807, 2.05) is 30.3 Å². The van der Waals surface area contributed by atoms with Crippen molar-refractivity contribution in [3.63, 3.8) is 0 Å². The summed E-state index contributed by atoms with van der Waals surface area (Å²) < 4.78 is 0. The van der Waals surface area contributed by atoms with E-state index in [1.165, 1.54) is 24.3 Å². The highest BCUT2D eigenvalue weighted by Gasteiger charge is 2.02. The van der Waals surface area contributed by atoms with Crippen LogP contribution in [-0.2, 0) is 0 Å². The molecule has 2 rings (SSSR count). The van der Waals surface area contributed by atoms with Crippen molar-refractivity contribution in [3.05, 3.63) is 64.7 Å². The summed E-state index contributed by atoms with van der Waals surface area (Å²) in [6.07, 6.45) is 0. The van der Waals surface area contributed by atoms with Gasteiger partial charge in [0, 0.05) is 12.1 Å². The molecule has 2 aromatic carbocycles. The molecule has 7 nitrogen and oxygen atoms in total. The number of azo groups is 1. The Labute approximate surface area is 121 Å². The van der Waals surface area contributed by atoms with Crippen molar-refractivity contribution >= 4 is 22.9 Å². The first-order valence-electron chi connectivity index (χ1n) is 6.17. The summed E-state index contributed by atoms with van der Waals surface area (Å²) in [6, 6.07) is 15.3. The monoisotopic (exact) mass is 283 g/mol. The number of nitrogens with one attached hydrogen (secondary N) is 1. The predicted molar refractivity (Wildman–Crippen MR) is 80.8 cm³/mol. The van der Waals surface area contributed by atoms with Gasteiger partial charge >= 0.3 is 0 Å². The topological polar surface area (TPSA) is 92.2 Å². The number of benzene rings is 2. The van der Waals surface area contributed by atoms with E-state index in [4.69, 9.17) is 0 Å². The van der Waals surface area contributed by atoms with Gasteiger partial charge in [-0.25, -0.2) is 0 Å². The zero-order valence-electron chi connectivity index (χ0n) is 11.3. The van der Waals surface area contributed by atoms with Crippen LogP contribution in [0.2, 0.25) is 0 Å². The van der Waals surface area contributed by atoms with Crippen molar-refractivity contribution in [1.82, 2.24) is 0 Å². The van der Waals surface area contributed by atoms with Gasteiger partial charge in [0.05, 0.1) is 16.3 Å². The molecule has 0 radical (unpaired) electrons. The summed E-state index contributed by atoms with van der Waals surface area (Å²) in [4.78, 5) is 10.1. The number of hydrazone groups is 1. The lowest BCUT2D eigenvalue weighted by atomic mass is 10.3. The van der Waals surface area contributed by atoms with Crippen molar-refractivity contribution in [2.45, 2.75) is 6.92 Å². The number of para-hydroxylation sites is 1. The van der Waals surface area contributed by atoms with Gasteiger partial charge in [0.25, 0.3) is 5.69 Å². The molecular weight excluding hydrogens is 270 g/mol. The second-order valence-electron chi connectivity index (χ2n) is 4.11. The first-order valence-corrected chi connectivity index (χ1v) is 6.17. The third kappa shape index (κ3) is 4.50. The second-order valence-corrected chi connectivity index (χ2v) is 4.11. The molecule has 0 unspecified atom stereocenters. The molecule has 0 amide bonds. The molecule has 0 aliphatic rings. The fourth-order valence-corrected chi connectivity index (χ4v) is 1.45. The van der Waals surface area contributed by atoms with Gasteiger partial charge in [-0.1, -0.05) is 18.2 Å². The van der Waals surface area contributed by atoms with Gasteiger partial charge in [-0.15, -0.1) is 10.2 Å². The number of amidine groups is 1. The van der Waals surface area contributed by atoms with Crippen molar-refractivity contribution in [2.24, 2.45) is 15.3 Å². The van der Waals surface area contributed by atoms with E-state index in [0.717, 1.165) is 5.69 Å². The molecule has 0 bridgehead atoms. The van der Waals surface area contributed by atoms with Gasteiger partial charge in [-0.2, -0.15) is 5.10 Å². The molecule has 7 heteroatoms. The molecule has 0 aromatic heterocycles. The normalized spacial score (nSPS) is 11.6. The maximum atomic E-state index is 10.5. The van der Waals surface area contributed by atoms with Crippen LogP contribution in [-0.4, -0.2) is 10.8 Å². The maximum Gasteiger partial charge on any atom is 0.269 e. The summed E-state index contributed by atoms with van der Waals surface area (Å²) in [5.74, 6) is 0.442. The van der Waals surface area contributed by atoms with Crippen LogP contribution >= 0.6 is 0 Å². The molecular formula is C14H13N5O2. The molecule has 0 saturated carbocycles.